The second-order valence-electron chi connectivity index (χ2n) is 5.71. The molecule has 0 saturated heterocycles. The van der Waals surface area contributed by atoms with Crippen molar-refractivity contribution >= 4 is 40.7 Å². The van der Waals surface area contributed by atoms with Crippen LogP contribution >= 0.6 is 34.8 Å². The van der Waals surface area contributed by atoms with E-state index in [9.17, 15) is 4.79 Å². The first kappa shape index (κ1) is 20.3. The summed E-state index contributed by atoms with van der Waals surface area (Å²) in [7, 11) is 1.61. The molecule has 1 N–H and O–H groups in total. The Labute approximate surface area is 176 Å². The van der Waals surface area contributed by atoms with Crippen LogP contribution in [0.5, 0.6) is 11.5 Å². The van der Waals surface area contributed by atoms with Crippen LogP contribution < -0.4 is 14.8 Å². The van der Waals surface area contributed by atoms with Crippen molar-refractivity contribution in [1.82, 2.24) is 15.1 Å². The molecule has 1 aromatic heterocycles. The van der Waals surface area contributed by atoms with Gasteiger partial charge in [0.05, 0.1) is 40.1 Å². The molecule has 0 fully saturated rings. The quantitative estimate of drug-likeness (QED) is 0.548. The number of nitrogens with one attached hydrogen (secondary N) is 1. The van der Waals surface area contributed by atoms with Gasteiger partial charge < -0.3 is 14.8 Å². The van der Waals surface area contributed by atoms with Crippen LogP contribution in [-0.2, 0) is 11.3 Å². The summed E-state index contributed by atoms with van der Waals surface area (Å²) in [6.07, 6.45) is 1.81. The van der Waals surface area contributed by atoms with E-state index >= 15 is 0 Å². The van der Waals surface area contributed by atoms with Crippen molar-refractivity contribution in [1.29, 1.82) is 0 Å². The molecule has 0 aliphatic carbocycles. The standard InChI is InChI=1S/C19H16Cl3N3O3/c1-27-14-4-2-13(3-5-14)25-7-6-12(24-25)10-23-19(26)11-28-18-9-16(21)15(20)8-17(18)22/h2-9H,10-11H2,1H3,(H,23,26). The fourth-order valence-corrected chi connectivity index (χ4v) is 2.92. The van der Waals surface area contributed by atoms with E-state index in [4.69, 9.17) is 44.3 Å². The third kappa shape index (κ3) is 5.10. The summed E-state index contributed by atoms with van der Waals surface area (Å²) in [4.78, 5) is 12.0. The molecule has 0 spiro atoms. The molecule has 0 radical (unpaired) electrons. The van der Waals surface area contributed by atoms with E-state index in [1.165, 1.54) is 12.1 Å². The fraction of sp³-hybridized carbons (Fsp3) is 0.158. The van der Waals surface area contributed by atoms with Crippen molar-refractivity contribution in [2.45, 2.75) is 6.54 Å². The van der Waals surface area contributed by atoms with Gasteiger partial charge in [0.25, 0.3) is 5.91 Å². The number of carbonyl (C=O) groups is 1. The molecule has 0 aliphatic rings. The highest BCUT2D eigenvalue weighted by molar-refractivity contribution is 6.43. The SMILES string of the molecule is COc1ccc(-n2ccc(CNC(=O)COc3cc(Cl)c(Cl)cc3Cl)n2)cc1. The summed E-state index contributed by atoms with van der Waals surface area (Å²) >= 11 is 17.8. The van der Waals surface area contributed by atoms with Crippen molar-refractivity contribution in [3.8, 4) is 17.2 Å². The van der Waals surface area contributed by atoms with Gasteiger partial charge in [-0.2, -0.15) is 5.10 Å². The van der Waals surface area contributed by atoms with Gasteiger partial charge in [-0.1, -0.05) is 34.8 Å². The van der Waals surface area contributed by atoms with E-state index < -0.39 is 0 Å². The Morgan fingerprint density at radius 2 is 1.79 bits per heavy atom. The summed E-state index contributed by atoms with van der Waals surface area (Å²) in [5.74, 6) is 0.738. The highest BCUT2D eigenvalue weighted by atomic mass is 35.5. The maximum Gasteiger partial charge on any atom is 0.258 e. The lowest BCUT2D eigenvalue weighted by Crippen LogP contribution is -2.28. The number of nitrogens with zero attached hydrogens (tertiary/aromatic N) is 2. The van der Waals surface area contributed by atoms with Gasteiger partial charge in [-0.3, -0.25) is 4.79 Å². The molecule has 1 heterocycles. The maximum absolute atomic E-state index is 12.0. The minimum absolute atomic E-state index is 0.211. The predicted molar refractivity (Wildman–Crippen MR) is 109 cm³/mol. The number of rotatable bonds is 7. The van der Waals surface area contributed by atoms with Crippen LogP contribution in [0.2, 0.25) is 15.1 Å². The third-order valence-corrected chi connectivity index (χ3v) is 4.80. The number of aromatic nitrogens is 2. The normalized spacial score (nSPS) is 10.6. The van der Waals surface area contributed by atoms with E-state index in [1.54, 1.807) is 11.8 Å². The molecule has 0 aliphatic heterocycles. The molecular formula is C19H16Cl3N3O3. The first-order valence-corrected chi connectivity index (χ1v) is 9.32. The zero-order chi connectivity index (χ0) is 20.1. The number of ether oxygens (including phenoxy) is 2. The number of hydrogen-bond donors (Lipinski definition) is 1. The van der Waals surface area contributed by atoms with Crippen LogP contribution in [-0.4, -0.2) is 29.4 Å². The Morgan fingerprint density at radius 1 is 1.07 bits per heavy atom. The monoisotopic (exact) mass is 439 g/mol. The van der Waals surface area contributed by atoms with Crippen LogP contribution in [0.4, 0.5) is 0 Å². The van der Waals surface area contributed by atoms with Gasteiger partial charge >= 0.3 is 0 Å². The molecule has 1 amide bonds. The maximum atomic E-state index is 12.0. The number of hydrogen-bond acceptors (Lipinski definition) is 4. The van der Waals surface area contributed by atoms with Crippen LogP contribution in [0.15, 0.2) is 48.7 Å². The summed E-state index contributed by atoms with van der Waals surface area (Å²) in [5.41, 5.74) is 1.59. The van der Waals surface area contributed by atoms with E-state index in [-0.39, 0.29) is 29.8 Å². The lowest BCUT2D eigenvalue weighted by Gasteiger charge is -2.09. The predicted octanol–water partition coefficient (Wildman–Crippen LogP) is 4.54. The van der Waals surface area contributed by atoms with Gasteiger partial charge in [-0.15, -0.1) is 0 Å². The molecule has 2 aromatic carbocycles. The van der Waals surface area contributed by atoms with Crippen molar-refractivity contribution in [3.63, 3.8) is 0 Å². The Balaban J connectivity index is 1.52. The fourth-order valence-electron chi connectivity index (χ4n) is 2.33. The Morgan fingerprint density at radius 3 is 2.50 bits per heavy atom. The second kappa shape index (κ2) is 9.19. The van der Waals surface area contributed by atoms with Crippen molar-refractivity contribution in [3.05, 3.63) is 69.4 Å². The minimum Gasteiger partial charge on any atom is -0.497 e. The molecule has 3 rings (SSSR count). The number of amides is 1. The minimum atomic E-state index is -0.318. The first-order chi connectivity index (χ1) is 13.5. The van der Waals surface area contributed by atoms with E-state index in [1.807, 2.05) is 36.5 Å². The smallest absolute Gasteiger partial charge is 0.258 e. The largest absolute Gasteiger partial charge is 0.497 e. The molecule has 146 valence electrons. The molecule has 0 unspecified atom stereocenters. The van der Waals surface area contributed by atoms with E-state index in [0.717, 1.165) is 11.4 Å². The Kier molecular flexibility index (Phi) is 6.67. The van der Waals surface area contributed by atoms with Gasteiger partial charge in [0.15, 0.2) is 6.61 Å². The molecule has 28 heavy (non-hydrogen) atoms. The topological polar surface area (TPSA) is 65.4 Å². The van der Waals surface area contributed by atoms with Gasteiger partial charge in [0, 0.05) is 12.3 Å². The van der Waals surface area contributed by atoms with Crippen LogP contribution in [0, 0.1) is 0 Å². The summed E-state index contributed by atoms with van der Waals surface area (Å²) < 4.78 is 12.2. The average Bonchev–Trinajstić information content (AvgIpc) is 3.17. The number of carbonyl (C=O) groups excluding carboxylic acids is 1. The van der Waals surface area contributed by atoms with E-state index in [2.05, 4.69) is 10.4 Å². The first-order valence-electron chi connectivity index (χ1n) is 8.19. The van der Waals surface area contributed by atoms with Gasteiger partial charge in [0.2, 0.25) is 0 Å². The lowest BCUT2D eigenvalue weighted by molar-refractivity contribution is -0.123. The second-order valence-corrected chi connectivity index (χ2v) is 6.93. The van der Waals surface area contributed by atoms with Crippen molar-refractivity contribution in [2.75, 3.05) is 13.7 Å². The average molecular weight is 441 g/mol. The highest BCUT2D eigenvalue weighted by Gasteiger charge is 2.10. The van der Waals surface area contributed by atoms with Crippen molar-refractivity contribution < 1.29 is 14.3 Å². The molecule has 6 nitrogen and oxygen atoms in total. The number of methoxy groups -OCH3 is 1. The van der Waals surface area contributed by atoms with Crippen molar-refractivity contribution in [2.24, 2.45) is 0 Å². The molecule has 9 heteroatoms. The Hall–Kier alpha value is -2.41. The summed E-state index contributed by atoms with van der Waals surface area (Å²) in [5, 5.41) is 8.06. The molecule has 0 saturated carbocycles. The molecule has 3 aromatic rings. The van der Waals surface area contributed by atoms with Crippen LogP contribution in [0.3, 0.4) is 0 Å². The highest BCUT2D eigenvalue weighted by Crippen LogP contribution is 2.33. The zero-order valence-electron chi connectivity index (χ0n) is 14.8. The lowest BCUT2D eigenvalue weighted by atomic mass is 10.3. The van der Waals surface area contributed by atoms with Gasteiger partial charge in [-0.05, 0) is 36.4 Å². The van der Waals surface area contributed by atoms with Crippen LogP contribution in [0.1, 0.15) is 5.69 Å². The zero-order valence-corrected chi connectivity index (χ0v) is 17.1. The van der Waals surface area contributed by atoms with Gasteiger partial charge in [0.1, 0.15) is 11.5 Å². The molecule has 0 atom stereocenters. The number of benzene rings is 2. The number of halogens is 3. The summed E-state index contributed by atoms with van der Waals surface area (Å²) in [6.45, 7) is 0.0529. The molecule has 0 bridgehead atoms. The molecular weight excluding hydrogens is 425 g/mol. The van der Waals surface area contributed by atoms with Gasteiger partial charge in [-0.25, -0.2) is 4.68 Å². The third-order valence-electron chi connectivity index (χ3n) is 3.78. The Bertz CT molecular complexity index is 974. The van der Waals surface area contributed by atoms with E-state index in [0.29, 0.717) is 15.7 Å². The van der Waals surface area contributed by atoms with Crippen LogP contribution in [0.25, 0.3) is 5.69 Å². The summed E-state index contributed by atoms with van der Waals surface area (Å²) in [6, 6.07) is 12.2.